The normalized spacial score (nSPS) is 15.3. The van der Waals surface area contributed by atoms with Crippen LogP contribution in [-0.4, -0.2) is 47.1 Å². The van der Waals surface area contributed by atoms with E-state index in [9.17, 15) is 18.3 Å². The Labute approximate surface area is 163 Å². The van der Waals surface area contributed by atoms with Crippen LogP contribution >= 0.6 is 0 Å². The number of nitrogens with one attached hydrogen (secondary N) is 2. The Kier molecular flexibility index (Phi) is 8.90. The molecule has 6 nitrogen and oxygen atoms in total. The molecule has 0 amide bonds. The number of amidine groups is 1. The van der Waals surface area contributed by atoms with Crippen molar-refractivity contribution in [3.05, 3.63) is 29.1 Å². The van der Waals surface area contributed by atoms with E-state index in [1.165, 1.54) is 0 Å². The molecule has 0 saturated carbocycles. The second-order valence-corrected chi connectivity index (χ2v) is 6.76. The van der Waals surface area contributed by atoms with E-state index >= 15 is 0 Å². The molecule has 1 unspecified atom stereocenters. The summed E-state index contributed by atoms with van der Waals surface area (Å²) in [4.78, 5) is 10.9. The second-order valence-electron chi connectivity index (χ2n) is 6.76. The molecule has 0 bridgehead atoms. The van der Waals surface area contributed by atoms with Gasteiger partial charge in [-0.2, -0.15) is 13.2 Å². The van der Waals surface area contributed by atoms with E-state index < -0.39 is 18.2 Å². The number of pyridine rings is 1. The molecular weight excluding hydrogens is 371 g/mol. The van der Waals surface area contributed by atoms with Gasteiger partial charge in [-0.3, -0.25) is 15.3 Å². The van der Waals surface area contributed by atoms with Gasteiger partial charge in [0.2, 0.25) is 5.84 Å². The molecule has 28 heavy (non-hydrogen) atoms. The van der Waals surface area contributed by atoms with Gasteiger partial charge >= 0.3 is 6.18 Å². The van der Waals surface area contributed by atoms with Crippen LogP contribution in [0.5, 0.6) is 0 Å². The Morgan fingerprint density at radius 1 is 1.32 bits per heavy atom. The topological polar surface area (TPSA) is 93.7 Å². The Bertz CT molecular complexity index is 729. The molecule has 0 aromatic carbocycles. The molecule has 0 spiro atoms. The number of alkyl halides is 3. The van der Waals surface area contributed by atoms with Gasteiger partial charge in [0.1, 0.15) is 6.23 Å². The van der Waals surface area contributed by atoms with E-state index in [0.29, 0.717) is 23.4 Å². The van der Waals surface area contributed by atoms with Crippen LogP contribution in [0.4, 0.5) is 13.2 Å². The zero-order valence-corrected chi connectivity index (χ0v) is 16.8. The van der Waals surface area contributed by atoms with Crippen LogP contribution in [0.2, 0.25) is 0 Å². The number of aliphatic imine (C=N–C) groups is 2. The van der Waals surface area contributed by atoms with Crippen molar-refractivity contribution in [2.24, 2.45) is 9.98 Å². The fourth-order valence-electron chi connectivity index (χ4n) is 2.35. The maximum atomic E-state index is 12.6. The molecule has 1 aromatic heterocycles. The average Bonchev–Trinajstić information content (AvgIpc) is 2.62. The van der Waals surface area contributed by atoms with Gasteiger partial charge in [0, 0.05) is 25.0 Å². The Morgan fingerprint density at radius 2 is 1.96 bits per heavy atom. The Hall–Kier alpha value is -2.13. The van der Waals surface area contributed by atoms with Crippen LogP contribution in [0.15, 0.2) is 22.1 Å². The SMILES string of the molecule is CCC(=N)c1cc(C(O)N[C@H](C)CC=NC(=NC)C(F)(F)F)cc(C(C)C)n1. The first-order valence-corrected chi connectivity index (χ1v) is 9.09. The van der Waals surface area contributed by atoms with Crippen molar-refractivity contribution < 1.29 is 18.3 Å². The van der Waals surface area contributed by atoms with Crippen molar-refractivity contribution in [2.45, 2.75) is 64.9 Å². The summed E-state index contributed by atoms with van der Waals surface area (Å²) in [6, 6.07) is 3.08. The molecule has 0 aliphatic carbocycles. The highest BCUT2D eigenvalue weighted by atomic mass is 19.4. The van der Waals surface area contributed by atoms with Gasteiger partial charge in [-0.05, 0) is 43.4 Å². The number of hydrogen-bond acceptors (Lipinski definition) is 5. The average molecular weight is 399 g/mol. The minimum Gasteiger partial charge on any atom is -0.374 e. The minimum atomic E-state index is -4.59. The molecule has 2 atom stereocenters. The number of halogens is 3. The number of aliphatic hydroxyl groups excluding tert-OH is 1. The highest BCUT2D eigenvalue weighted by Gasteiger charge is 2.35. The molecule has 1 heterocycles. The van der Waals surface area contributed by atoms with Gasteiger partial charge in [-0.1, -0.05) is 20.8 Å². The quantitative estimate of drug-likeness (QED) is 0.350. The van der Waals surface area contributed by atoms with Gasteiger partial charge in [-0.25, -0.2) is 4.99 Å². The van der Waals surface area contributed by atoms with Gasteiger partial charge in [0.25, 0.3) is 0 Å². The lowest BCUT2D eigenvalue weighted by Gasteiger charge is -2.20. The fraction of sp³-hybridized carbons (Fsp3) is 0.579. The van der Waals surface area contributed by atoms with E-state index in [4.69, 9.17) is 5.41 Å². The van der Waals surface area contributed by atoms with Gasteiger partial charge in [-0.15, -0.1) is 0 Å². The second kappa shape index (κ2) is 10.4. The lowest BCUT2D eigenvalue weighted by molar-refractivity contribution is -0.0597. The summed E-state index contributed by atoms with van der Waals surface area (Å²) < 4.78 is 37.8. The predicted octanol–water partition coefficient (Wildman–Crippen LogP) is 4.00. The third kappa shape index (κ3) is 7.12. The maximum absolute atomic E-state index is 12.6. The predicted molar refractivity (Wildman–Crippen MR) is 106 cm³/mol. The summed E-state index contributed by atoms with van der Waals surface area (Å²) in [6.45, 7) is 7.53. The van der Waals surface area contributed by atoms with Crippen LogP contribution in [0, 0.1) is 5.41 Å². The van der Waals surface area contributed by atoms with Crippen molar-refractivity contribution in [3.63, 3.8) is 0 Å². The van der Waals surface area contributed by atoms with Crippen molar-refractivity contribution in [3.8, 4) is 0 Å². The first kappa shape index (κ1) is 23.9. The number of rotatable bonds is 8. The number of hydrogen-bond donors (Lipinski definition) is 3. The van der Waals surface area contributed by atoms with E-state index in [2.05, 4.69) is 20.3 Å². The van der Waals surface area contributed by atoms with Crippen LogP contribution in [0.1, 0.15) is 69.6 Å². The molecule has 0 aliphatic heterocycles. The molecule has 0 saturated heterocycles. The highest BCUT2D eigenvalue weighted by molar-refractivity contribution is 5.96. The molecule has 1 aromatic rings. The Balaban J connectivity index is 2.87. The van der Waals surface area contributed by atoms with E-state index in [-0.39, 0.29) is 18.4 Å². The van der Waals surface area contributed by atoms with Gasteiger partial charge in [0.15, 0.2) is 0 Å². The van der Waals surface area contributed by atoms with Crippen LogP contribution in [-0.2, 0) is 0 Å². The summed E-state index contributed by atoms with van der Waals surface area (Å²) >= 11 is 0. The third-order valence-electron chi connectivity index (χ3n) is 4.02. The third-order valence-corrected chi connectivity index (χ3v) is 4.02. The summed E-state index contributed by atoms with van der Waals surface area (Å²) in [6.07, 6.45) is -3.82. The lowest BCUT2D eigenvalue weighted by Crippen LogP contribution is -2.31. The number of aliphatic hydroxyl groups is 1. The van der Waals surface area contributed by atoms with Gasteiger partial charge < -0.3 is 10.5 Å². The molecule has 0 fully saturated rings. The van der Waals surface area contributed by atoms with Gasteiger partial charge in [0.05, 0.1) is 11.4 Å². The molecule has 1 rings (SSSR count). The Morgan fingerprint density at radius 3 is 2.46 bits per heavy atom. The summed E-state index contributed by atoms with van der Waals surface area (Å²) in [5.41, 5.74) is 2.19. The van der Waals surface area contributed by atoms with Crippen molar-refractivity contribution in [1.29, 1.82) is 5.41 Å². The monoisotopic (exact) mass is 399 g/mol. The van der Waals surface area contributed by atoms with Crippen molar-refractivity contribution in [1.82, 2.24) is 10.3 Å². The summed E-state index contributed by atoms with van der Waals surface area (Å²) in [5, 5.41) is 21.4. The van der Waals surface area contributed by atoms with Crippen LogP contribution in [0.3, 0.4) is 0 Å². The molecule has 0 aliphatic rings. The van der Waals surface area contributed by atoms with E-state index in [1.807, 2.05) is 20.8 Å². The standard InChI is InChI=1S/C19H28F3N5O/c1-6-14(23)16-10-13(9-15(27-16)11(2)3)17(28)26-12(4)7-8-25-18(24-5)19(20,21)22/h8-12,17,23,26,28H,6-7H2,1-5H3/t12-,17?/m1/s1. The first-order valence-electron chi connectivity index (χ1n) is 9.09. The van der Waals surface area contributed by atoms with Crippen molar-refractivity contribution >= 4 is 17.8 Å². The molecule has 9 heteroatoms. The first-order chi connectivity index (χ1) is 13.0. The largest absolute Gasteiger partial charge is 0.451 e. The summed E-state index contributed by atoms with van der Waals surface area (Å²) in [7, 11) is 1.03. The molecule has 0 radical (unpaired) electrons. The zero-order chi connectivity index (χ0) is 21.5. The van der Waals surface area contributed by atoms with Crippen LogP contribution < -0.4 is 5.32 Å². The number of aromatic nitrogens is 1. The van der Waals surface area contributed by atoms with E-state index in [0.717, 1.165) is 19.0 Å². The molecule has 156 valence electrons. The lowest BCUT2D eigenvalue weighted by atomic mass is 10.0. The zero-order valence-electron chi connectivity index (χ0n) is 16.8. The minimum absolute atomic E-state index is 0.120. The molecule has 3 N–H and O–H groups in total. The highest BCUT2D eigenvalue weighted by Crippen LogP contribution is 2.20. The van der Waals surface area contributed by atoms with Crippen molar-refractivity contribution in [2.75, 3.05) is 7.05 Å². The maximum Gasteiger partial charge on any atom is 0.451 e. The summed E-state index contributed by atoms with van der Waals surface area (Å²) in [5.74, 6) is -1.08. The smallest absolute Gasteiger partial charge is 0.374 e. The van der Waals surface area contributed by atoms with E-state index in [1.54, 1.807) is 19.1 Å². The van der Waals surface area contributed by atoms with Crippen LogP contribution in [0.25, 0.3) is 0 Å². The fourth-order valence-corrected chi connectivity index (χ4v) is 2.35. The number of nitrogens with zero attached hydrogens (tertiary/aromatic N) is 3. The molecular formula is C19H28F3N5O.